The van der Waals surface area contributed by atoms with Crippen LogP contribution in [0.25, 0.3) is 0 Å². The zero-order chi connectivity index (χ0) is 14.6. The molecule has 0 aliphatic carbocycles. The minimum Gasteiger partial charge on any atom is -0.466 e. The maximum absolute atomic E-state index is 12.8. The first-order valence-electron chi connectivity index (χ1n) is 6.09. The predicted molar refractivity (Wildman–Crippen MR) is 65.7 cm³/mol. The first kappa shape index (κ1) is 15.5. The van der Waals surface area contributed by atoms with Gasteiger partial charge in [0.05, 0.1) is 18.1 Å². The van der Waals surface area contributed by atoms with E-state index in [9.17, 15) is 18.0 Å². The molecule has 0 saturated carbocycles. The molecule has 1 rings (SSSR count). The van der Waals surface area contributed by atoms with Gasteiger partial charge >= 0.3 is 12.1 Å². The topological polar surface area (TPSA) is 26.3 Å². The molecule has 0 N–H and O–H groups in total. The second kappa shape index (κ2) is 6.08. The molecule has 0 amide bonds. The van der Waals surface area contributed by atoms with Gasteiger partial charge in [-0.2, -0.15) is 13.2 Å². The highest BCUT2D eigenvalue weighted by Gasteiger charge is 2.32. The van der Waals surface area contributed by atoms with Crippen molar-refractivity contribution in [1.29, 1.82) is 0 Å². The number of carbonyl (C=O) groups is 1. The van der Waals surface area contributed by atoms with Crippen LogP contribution in [0.3, 0.4) is 0 Å². The van der Waals surface area contributed by atoms with E-state index < -0.39 is 23.6 Å². The number of esters is 1. The fourth-order valence-corrected chi connectivity index (χ4v) is 1.82. The number of ether oxygens (including phenoxy) is 1. The zero-order valence-corrected chi connectivity index (χ0v) is 11.2. The van der Waals surface area contributed by atoms with Crippen molar-refractivity contribution < 1.29 is 22.7 Å². The minimum atomic E-state index is -4.37. The van der Waals surface area contributed by atoms with Crippen molar-refractivity contribution in [1.82, 2.24) is 0 Å². The Morgan fingerprint density at radius 2 is 2.00 bits per heavy atom. The first-order valence-corrected chi connectivity index (χ1v) is 6.09. The average Bonchev–Trinajstić information content (AvgIpc) is 2.30. The molecule has 0 aliphatic rings. The summed E-state index contributed by atoms with van der Waals surface area (Å²) < 4.78 is 43.1. The van der Waals surface area contributed by atoms with Gasteiger partial charge in [0.2, 0.25) is 0 Å². The molecule has 1 aromatic carbocycles. The summed E-state index contributed by atoms with van der Waals surface area (Å²) in [6.07, 6.45) is -4.13. The summed E-state index contributed by atoms with van der Waals surface area (Å²) in [5, 5.41) is 0. The van der Waals surface area contributed by atoms with Gasteiger partial charge in [-0.1, -0.05) is 19.1 Å². The second-order valence-electron chi connectivity index (χ2n) is 4.50. The highest BCUT2D eigenvalue weighted by Crippen LogP contribution is 2.32. The fourth-order valence-electron chi connectivity index (χ4n) is 1.82. The number of halogens is 3. The predicted octanol–water partition coefficient (Wildman–Crippen LogP) is 3.76. The third-order valence-corrected chi connectivity index (χ3v) is 2.84. The lowest BCUT2D eigenvalue weighted by molar-refractivity contribution is -0.147. The van der Waals surface area contributed by atoms with Gasteiger partial charge in [0.15, 0.2) is 0 Å². The molecule has 0 saturated heterocycles. The highest BCUT2D eigenvalue weighted by molar-refractivity contribution is 5.72. The molecule has 106 valence electrons. The number of benzene rings is 1. The van der Waals surface area contributed by atoms with Crippen molar-refractivity contribution in [2.75, 3.05) is 6.61 Å². The second-order valence-corrected chi connectivity index (χ2v) is 4.50. The molecule has 2 nitrogen and oxygen atoms in total. The van der Waals surface area contributed by atoms with Gasteiger partial charge in [-0.15, -0.1) is 0 Å². The van der Waals surface area contributed by atoms with Gasteiger partial charge in [0, 0.05) is 0 Å². The Balaban J connectivity index is 2.89. The van der Waals surface area contributed by atoms with E-state index in [4.69, 9.17) is 4.74 Å². The lowest BCUT2D eigenvalue weighted by Crippen LogP contribution is -2.17. The van der Waals surface area contributed by atoms with E-state index in [1.165, 1.54) is 13.0 Å². The van der Waals surface area contributed by atoms with Crippen molar-refractivity contribution in [3.63, 3.8) is 0 Å². The van der Waals surface area contributed by atoms with E-state index in [1.54, 1.807) is 19.9 Å². The van der Waals surface area contributed by atoms with Crippen molar-refractivity contribution >= 4 is 5.97 Å². The van der Waals surface area contributed by atoms with E-state index in [0.29, 0.717) is 5.56 Å². The van der Waals surface area contributed by atoms with Gasteiger partial charge in [-0.3, -0.25) is 4.79 Å². The van der Waals surface area contributed by atoms with Gasteiger partial charge in [0.25, 0.3) is 0 Å². The van der Waals surface area contributed by atoms with E-state index in [0.717, 1.165) is 6.07 Å². The van der Waals surface area contributed by atoms with Crippen LogP contribution in [0.4, 0.5) is 13.2 Å². The summed E-state index contributed by atoms with van der Waals surface area (Å²) in [4.78, 5) is 11.5. The van der Waals surface area contributed by atoms with Crippen molar-refractivity contribution in [2.45, 2.75) is 33.4 Å². The van der Waals surface area contributed by atoms with Crippen molar-refractivity contribution in [3.8, 4) is 0 Å². The monoisotopic (exact) mass is 274 g/mol. The number of hydrogen-bond donors (Lipinski definition) is 0. The van der Waals surface area contributed by atoms with Crippen molar-refractivity contribution in [2.24, 2.45) is 5.92 Å². The van der Waals surface area contributed by atoms with Crippen LogP contribution in [0.1, 0.15) is 30.5 Å². The summed E-state index contributed by atoms with van der Waals surface area (Å²) in [5.74, 6) is -0.847. The van der Waals surface area contributed by atoms with Crippen molar-refractivity contribution in [3.05, 3.63) is 34.9 Å². The van der Waals surface area contributed by atoms with Gasteiger partial charge in [0.1, 0.15) is 0 Å². The molecule has 0 aromatic heterocycles. The van der Waals surface area contributed by atoms with Gasteiger partial charge in [-0.05, 0) is 37.5 Å². The number of hydrogen-bond acceptors (Lipinski definition) is 2. The number of aryl methyl sites for hydroxylation is 1. The lowest BCUT2D eigenvalue weighted by atomic mass is 9.97. The van der Waals surface area contributed by atoms with Gasteiger partial charge in [-0.25, -0.2) is 0 Å². The third-order valence-electron chi connectivity index (χ3n) is 2.84. The number of rotatable bonds is 4. The molecule has 0 radical (unpaired) electrons. The normalized spacial score (nSPS) is 13.2. The molecule has 0 heterocycles. The van der Waals surface area contributed by atoms with E-state index in [1.807, 2.05) is 0 Å². The molecule has 1 aromatic rings. The fraction of sp³-hybridized carbons (Fsp3) is 0.500. The molecule has 0 fully saturated rings. The Bertz CT molecular complexity index is 452. The molecule has 0 bridgehead atoms. The van der Waals surface area contributed by atoms with Crippen LogP contribution < -0.4 is 0 Å². The molecule has 1 unspecified atom stereocenters. The van der Waals surface area contributed by atoms with E-state index in [-0.39, 0.29) is 18.6 Å². The first-order chi connectivity index (χ1) is 8.75. The summed E-state index contributed by atoms with van der Waals surface area (Å²) in [6, 6.07) is 4.14. The van der Waals surface area contributed by atoms with Crippen LogP contribution in [-0.2, 0) is 22.1 Å². The third kappa shape index (κ3) is 4.26. The van der Waals surface area contributed by atoms with Crippen LogP contribution in [0.5, 0.6) is 0 Å². The molecular weight excluding hydrogens is 257 g/mol. The summed E-state index contributed by atoms with van der Waals surface area (Å²) >= 11 is 0. The molecule has 1 atom stereocenters. The summed E-state index contributed by atoms with van der Waals surface area (Å²) in [6.45, 7) is 5.02. The van der Waals surface area contributed by atoms with E-state index in [2.05, 4.69) is 0 Å². The Labute approximate surface area is 110 Å². The molecule has 19 heavy (non-hydrogen) atoms. The van der Waals surface area contributed by atoms with E-state index >= 15 is 0 Å². The van der Waals surface area contributed by atoms with Crippen LogP contribution in [-0.4, -0.2) is 12.6 Å². The minimum absolute atomic E-state index is 0.181. The van der Waals surface area contributed by atoms with Crippen LogP contribution in [0.15, 0.2) is 18.2 Å². The number of alkyl halides is 3. The van der Waals surface area contributed by atoms with Gasteiger partial charge < -0.3 is 4.74 Å². The summed E-state index contributed by atoms with van der Waals surface area (Å²) in [7, 11) is 0. The molecular formula is C14H17F3O2. The largest absolute Gasteiger partial charge is 0.466 e. The maximum atomic E-state index is 12.8. The quantitative estimate of drug-likeness (QED) is 0.781. The van der Waals surface area contributed by atoms with Crippen LogP contribution in [0.2, 0.25) is 0 Å². The Hall–Kier alpha value is -1.52. The van der Waals surface area contributed by atoms with Crippen LogP contribution in [0, 0.1) is 12.8 Å². The standard InChI is InChI=1S/C14H17F3O2/c1-4-19-13(18)10(3)7-11-6-5-9(2)12(8-11)14(15,16)17/h5-6,8,10H,4,7H2,1-3H3. The lowest BCUT2D eigenvalue weighted by Gasteiger charge is -2.14. The zero-order valence-electron chi connectivity index (χ0n) is 11.2. The summed E-state index contributed by atoms with van der Waals surface area (Å²) in [5.41, 5.74) is 0.0135. The Kier molecular flexibility index (Phi) is 4.97. The average molecular weight is 274 g/mol. The Morgan fingerprint density at radius 1 is 1.37 bits per heavy atom. The molecule has 0 aliphatic heterocycles. The maximum Gasteiger partial charge on any atom is 0.416 e. The van der Waals surface area contributed by atoms with Crippen LogP contribution >= 0.6 is 0 Å². The SMILES string of the molecule is CCOC(=O)C(C)Cc1ccc(C)c(C(F)(F)F)c1. The highest BCUT2D eigenvalue weighted by atomic mass is 19.4. The molecule has 0 spiro atoms. The molecule has 5 heteroatoms. The Morgan fingerprint density at radius 3 is 2.53 bits per heavy atom. The number of carbonyl (C=O) groups excluding carboxylic acids is 1. The smallest absolute Gasteiger partial charge is 0.416 e.